The molecule has 0 spiro atoms. The van der Waals surface area contributed by atoms with Crippen LogP contribution in [0.4, 0.5) is 5.69 Å². The predicted octanol–water partition coefficient (Wildman–Crippen LogP) is 4.40. The summed E-state index contributed by atoms with van der Waals surface area (Å²) in [4.78, 5) is 29.9. The van der Waals surface area contributed by atoms with Crippen molar-refractivity contribution in [3.8, 4) is 0 Å². The summed E-state index contributed by atoms with van der Waals surface area (Å²) in [6, 6.07) is 16.1. The number of hydrogen-bond acceptors (Lipinski definition) is 7. The Labute approximate surface area is 226 Å². The molecule has 2 aliphatic heterocycles. The molecule has 37 heavy (non-hydrogen) atoms. The Morgan fingerprint density at radius 3 is 2.59 bits per heavy atom. The zero-order valence-corrected chi connectivity index (χ0v) is 22.4. The molecular weight excluding hydrogens is 506 g/mol. The Hall–Kier alpha value is -2.65. The van der Waals surface area contributed by atoms with E-state index in [-0.39, 0.29) is 17.6 Å². The third-order valence-electron chi connectivity index (χ3n) is 7.01. The number of nitrogens with one attached hydrogen (secondary N) is 1. The Morgan fingerprint density at radius 1 is 1.00 bits per heavy atom. The fourth-order valence-electron chi connectivity index (χ4n) is 4.99. The number of anilines is 1. The topological polar surface area (TPSA) is 78.4 Å². The first-order chi connectivity index (χ1) is 18.0. The summed E-state index contributed by atoms with van der Waals surface area (Å²) in [5.74, 6) is 0.0351. The highest BCUT2D eigenvalue weighted by atomic mass is 35.5. The van der Waals surface area contributed by atoms with Crippen molar-refractivity contribution in [2.45, 2.75) is 38.6 Å². The highest BCUT2D eigenvalue weighted by molar-refractivity contribution is 7.13. The third-order valence-corrected chi connectivity index (χ3v) is 8.29. The smallest absolute Gasteiger partial charge is 0.227 e. The van der Waals surface area contributed by atoms with Crippen LogP contribution in [0.5, 0.6) is 0 Å². The number of hydrogen-bond donors (Lipinski definition) is 1. The molecule has 0 aliphatic carbocycles. The molecule has 0 radical (unpaired) electrons. The van der Waals surface area contributed by atoms with E-state index in [4.69, 9.17) is 11.6 Å². The normalized spacial score (nSPS) is 18.8. The minimum Gasteiger partial charge on any atom is -0.315 e. The van der Waals surface area contributed by atoms with E-state index in [2.05, 4.69) is 32.5 Å². The number of amides is 1. The minimum atomic E-state index is -0.0304. The van der Waals surface area contributed by atoms with Crippen LogP contribution in [0.1, 0.15) is 45.2 Å². The van der Waals surface area contributed by atoms with Gasteiger partial charge >= 0.3 is 0 Å². The lowest BCUT2D eigenvalue weighted by Gasteiger charge is -2.21. The first kappa shape index (κ1) is 26.0. The monoisotopic (exact) mass is 537 g/mol. The molecule has 1 amide bonds. The molecule has 2 aromatic carbocycles. The number of aromatic nitrogens is 2. The quantitative estimate of drug-likeness (QED) is 0.408. The van der Waals surface area contributed by atoms with Gasteiger partial charge in [0.2, 0.25) is 5.91 Å². The zero-order valence-electron chi connectivity index (χ0n) is 20.9. The van der Waals surface area contributed by atoms with Gasteiger partial charge in [-0.25, -0.2) is 0 Å². The number of halogens is 1. The van der Waals surface area contributed by atoms with Gasteiger partial charge in [0.15, 0.2) is 10.8 Å². The van der Waals surface area contributed by atoms with E-state index in [1.54, 1.807) is 0 Å². The van der Waals surface area contributed by atoms with Gasteiger partial charge in [-0.2, -0.15) is 0 Å². The molecule has 1 aromatic heterocycles. The Morgan fingerprint density at radius 2 is 1.78 bits per heavy atom. The van der Waals surface area contributed by atoms with Crippen molar-refractivity contribution >= 4 is 40.3 Å². The number of aryl methyl sites for hydroxylation is 2. The van der Waals surface area contributed by atoms with Crippen LogP contribution in [0.3, 0.4) is 0 Å². The number of benzene rings is 2. The van der Waals surface area contributed by atoms with Crippen molar-refractivity contribution in [2.75, 3.05) is 37.6 Å². The van der Waals surface area contributed by atoms with Gasteiger partial charge in [0.05, 0.1) is 0 Å². The van der Waals surface area contributed by atoms with E-state index in [1.807, 2.05) is 41.3 Å². The summed E-state index contributed by atoms with van der Waals surface area (Å²) in [7, 11) is 0. The van der Waals surface area contributed by atoms with E-state index >= 15 is 0 Å². The molecule has 2 saturated heterocycles. The maximum atomic E-state index is 12.9. The number of Topliss-reactive ketones (excluding diaryl/α,β-unsaturated/α-hetero) is 1. The summed E-state index contributed by atoms with van der Waals surface area (Å²) in [5, 5.41) is 13.8. The average molecular weight is 538 g/mol. The van der Waals surface area contributed by atoms with Gasteiger partial charge in [-0.3, -0.25) is 14.5 Å². The van der Waals surface area contributed by atoms with Crippen LogP contribution in [0.2, 0.25) is 5.02 Å². The summed E-state index contributed by atoms with van der Waals surface area (Å²) in [5.41, 5.74) is 3.33. The molecule has 2 aliphatic rings. The van der Waals surface area contributed by atoms with Gasteiger partial charge in [-0.05, 0) is 67.2 Å². The molecule has 1 unspecified atom stereocenters. The average Bonchev–Trinajstić information content (AvgIpc) is 3.43. The van der Waals surface area contributed by atoms with Crippen LogP contribution in [0, 0.1) is 5.92 Å². The molecule has 194 valence electrons. The predicted molar refractivity (Wildman–Crippen MR) is 147 cm³/mol. The number of ketones is 1. The molecular formula is C28H32ClN5O2S. The van der Waals surface area contributed by atoms with E-state index in [0.29, 0.717) is 24.4 Å². The Balaban J connectivity index is 1.12. The first-order valence-corrected chi connectivity index (χ1v) is 14.2. The summed E-state index contributed by atoms with van der Waals surface area (Å²) in [6.07, 6.45) is 3.42. The third kappa shape index (κ3) is 7.02. The fourth-order valence-corrected chi connectivity index (χ4v) is 5.90. The van der Waals surface area contributed by atoms with Gasteiger partial charge in [0.25, 0.3) is 0 Å². The fraction of sp³-hybridized carbons (Fsp3) is 0.429. The lowest BCUT2D eigenvalue weighted by molar-refractivity contribution is -0.117. The second-order valence-corrected chi connectivity index (χ2v) is 11.4. The highest BCUT2D eigenvalue weighted by Crippen LogP contribution is 2.29. The van der Waals surface area contributed by atoms with E-state index in [1.165, 1.54) is 28.9 Å². The second-order valence-electron chi connectivity index (χ2n) is 9.88. The summed E-state index contributed by atoms with van der Waals surface area (Å²) in [6.45, 7) is 5.76. The minimum absolute atomic E-state index is 0.00862. The van der Waals surface area contributed by atoms with E-state index in [9.17, 15) is 9.59 Å². The van der Waals surface area contributed by atoms with Crippen molar-refractivity contribution < 1.29 is 9.59 Å². The number of carbonyl (C=O) groups is 2. The molecule has 5 rings (SSSR count). The van der Waals surface area contributed by atoms with E-state index in [0.717, 1.165) is 61.3 Å². The number of rotatable bonds is 9. The largest absolute Gasteiger partial charge is 0.315 e. The van der Waals surface area contributed by atoms with Gasteiger partial charge in [-0.15, -0.1) is 10.2 Å². The molecule has 1 N–H and O–H groups in total. The van der Waals surface area contributed by atoms with Crippen LogP contribution in [-0.4, -0.2) is 59.5 Å². The maximum absolute atomic E-state index is 12.9. The highest BCUT2D eigenvalue weighted by Gasteiger charge is 2.32. The molecule has 7 nitrogen and oxygen atoms in total. The molecule has 9 heteroatoms. The first-order valence-electron chi connectivity index (χ1n) is 13.0. The molecule has 0 bridgehead atoms. The molecule has 1 atom stereocenters. The van der Waals surface area contributed by atoms with Crippen molar-refractivity contribution in [3.63, 3.8) is 0 Å². The maximum Gasteiger partial charge on any atom is 0.227 e. The summed E-state index contributed by atoms with van der Waals surface area (Å²) < 4.78 is 0. The van der Waals surface area contributed by atoms with Gasteiger partial charge < -0.3 is 10.2 Å². The van der Waals surface area contributed by atoms with Crippen LogP contribution in [-0.2, 0) is 24.2 Å². The van der Waals surface area contributed by atoms with Crippen molar-refractivity contribution in [1.29, 1.82) is 0 Å². The number of carbonyl (C=O) groups excluding carboxylic acids is 2. The van der Waals surface area contributed by atoms with Crippen LogP contribution < -0.4 is 10.2 Å². The number of nitrogens with zero attached hydrogens (tertiary/aromatic N) is 4. The molecule has 0 saturated carbocycles. The van der Waals surface area contributed by atoms with Gasteiger partial charge in [0.1, 0.15) is 5.01 Å². The SMILES string of the molecule is O=C(CC1CC(=O)N(c2ccc(CN3CCCNCC3)cc2)C1)c1nnc(CCc2ccc(Cl)cc2)s1. The molecule has 3 aromatic rings. The van der Waals surface area contributed by atoms with Gasteiger partial charge in [0, 0.05) is 56.2 Å². The van der Waals surface area contributed by atoms with Crippen LogP contribution in [0.15, 0.2) is 48.5 Å². The Bertz CT molecular complexity index is 1210. The standard InChI is InChI=1S/C28H32ClN5O2S/c29-23-7-2-20(3-8-23)6-11-26-31-32-28(37-26)25(35)16-22-17-27(36)34(19-22)24-9-4-21(5-10-24)18-33-14-1-12-30-13-15-33/h2-5,7-10,22,30H,1,6,11-19H2. The lowest BCUT2D eigenvalue weighted by Crippen LogP contribution is -2.27. The molecule has 2 fully saturated rings. The molecule has 3 heterocycles. The second kappa shape index (κ2) is 12.3. The van der Waals surface area contributed by atoms with Crippen LogP contribution >= 0.6 is 22.9 Å². The van der Waals surface area contributed by atoms with Crippen LogP contribution in [0.25, 0.3) is 0 Å². The van der Waals surface area contributed by atoms with Gasteiger partial charge in [-0.1, -0.05) is 47.2 Å². The van der Waals surface area contributed by atoms with Crippen molar-refractivity contribution in [2.24, 2.45) is 5.92 Å². The zero-order chi connectivity index (χ0) is 25.6. The summed E-state index contributed by atoms with van der Waals surface area (Å²) >= 11 is 7.31. The van der Waals surface area contributed by atoms with Crippen molar-refractivity contribution in [3.05, 3.63) is 74.7 Å². The Kier molecular flexibility index (Phi) is 8.61. The van der Waals surface area contributed by atoms with Crippen molar-refractivity contribution in [1.82, 2.24) is 20.4 Å². The lowest BCUT2D eigenvalue weighted by atomic mass is 10.0. The van der Waals surface area contributed by atoms with E-state index < -0.39 is 0 Å².